The van der Waals surface area contributed by atoms with Crippen LogP contribution < -0.4 is 4.90 Å². The first kappa shape index (κ1) is 19.8. The maximum Gasteiger partial charge on any atom is 0.269 e. The minimum Gasteiger partial charge on any atom is -0.369 e. The van der Waals surface area contributed by atoms with Gasteiger partial charge in [0.2, 0.25) is 5.91 Å². The summed E-state index contributed by atoms with van der Waals surface area (Å²) in [4.78, 5) is 29.2. The van der Waals surface area contributed by atoms with E-state index in [9.17, 15) is 14.9 Å². The summed E-state index contributed by atoms with van der Waals surface area (Å²) in [7, 11) is 1.85. The lowest BCUT2D eigenvalue weighted by atomic mass is 10.1. The molecule has 0 spiro atoms. The van der Waals surface area contributed by atoms with E-state index in [-0.39, 0.29) is 22.6 Å². The first-order valence-electron chi connectivity index (χ1n) is 9.48. The summed E-state index contributed by atoms with van der Waals surface area (Å²) < 4.78 is 0. The van der Waals surface area contributed by atoms with E-state index in [1.807, 2.05) is 44.3 Å². The predicted octanol–water partition coefficient (Wildman–Crippen LogP) is 2.94. The van der Waals surface area contributed by atoms with Gasteiger partial charge in [0.1, 0.15) is 0 Å². The van der Waals surface area contributed by atoms with Crippen LogP contribution in [0, 0.1) is 10.1 Å². The van der Waals surface area contributed by atoms with Gasteiger partial charge in [0.05, 0.1) is 17.5 Å². The van der Waals surface area contributed by atoms with Crippen molar-refractivity contribution in [2.24, 2.45) is 0 Å². The smallest absolute Gasteiger partial charge is 0.269 e. The van der Waals surface area contributed by atoms with Crippen molar-refractivity contribution >= 4 is 17.3 Å². The van der Waals surface area contributed by atoms with Gasteiger partial charge in [0.25, 0.3) is 5.69 Å². The van der Waals surface area contributed by atoms with Gasteiger partial charge in [-0.05, 0) is 24.6 Å². The Labute approximate surface area is 165 Å². The second-order valence-electron chi connectivity index (χ2n) is 7.13. The molecule has 0 radical (unpaired) electrons. The molecule has 7 nitrogen and oxygen atoms in total. The molecule has 2 aromatic rings. The number of benzene rings is 2. The number of likely N-dealkylation sites (N-methyl/N-ethyl adjacent to an activating group) is 1. The van der Waals surface area contributed by atoms with Gasteiger partial charge in [0, 0.05) is 51.0 Å². The molecule has 148 valence electrons. The van der Waals surface area contributed by atoms with E-state index < -0.39 is 0 Å². The number of anilines is 1. The fourth-order valence-corrected chi connectivity index (χ4v) is 3.42. The Morgan fingerprint density at radius 1 is 1.07 bits per heavy atom. The van der Waals surface area contributed by atoms with Crippen LogP contribution in [0.1, 0.15) is 18.5 Å². The monoisotopic (exact) mass is 382 g/mol. The van der Waals surface area contributed by atoms with E-state index in [1.165, 1.54) is 12.1 Å². The van der Waals surface area contributed by atoms with Crippen LogP contribution in [-0.2, 0) is 4.79 Å². The van der Waals surface area contributed by atoms with Crippen LogP contribution in [0.15, 0.2) is 54.6 Å². The molecule has 1 amide bonds. The van der Waals surface area contributed by atoms with Gasteiger partial charge in [-0.3, -0.25) is 19.8 Å². The van der Waals surface area contributed by atoms with Crippen LogP contribution in [0.2, 0.25) is 0 Å². The zero-order valence-electron chi connectivity index (χ0n) is 16.3. The maximum absolute atomic E-state index is 12.7. The van der Waals surface area contributed by atoms with Crippen molar-refractivity contribution in [2.75, 3.05) is 44.7 Å². The minimum absolute atomic E-state index is 0.0371. The number of carbonyl (C=O) groups excluding carboxylic acids is 1. The highest BCUT2D eigenvalue weighted by molar-refractivity contribution is 5.78. The molecule has 1 aliphatic heterocycles. The van der Waals surface area contributed by atoms with Crippen molar-refractivity contribution in [3.8, 4) is 0 Å². The van der Waals surface area contributed by atoms with E-state index in [0.717, 1.165) is 37.4 Å². The summed E-state index contributed by atoms with van der Waals surface area (Å²) in [5.41, 5.74) is 2.20. The van der Waals surface area contributed by atoms with Crippen molar-refractivity contribution in [1.29, 1.82) is 0 Å². The summed E-state index contributed by atoms with van der Waals surface area (Å²) in [6.07, 6.45) is 0. The van der Waals surface area contributed by atoms with Gasteiger partial charge >= 0.3 is 0 Å². The van der Waals surface area contributed by atoms with Crippen molar-refractivity contribution in [3.05, 3.63) is 70.3 Å². The SMILES string of the molecule is C[C@H](c1ccccc1)N(C)C(=O)CN1CCN(c2ccc([N+](=O)[O-])cc2)CC1. The molecule has 1 heterocycles. The van der Waals surface area contributed by atoms with Crippen LogP contribution in [0.5, 0.6) is 0 Å². The molecule has 0 bridgehead atoms. The van der Waals surface area contributed by atoms with Crippen molar-refractivity contribution in [2.45, 2.75) is 13.0 Å². The van der Waals surface area contributed by atoms with Crippen LogP contribution in [0.25, 0.3) is 0 Å². The lowest BCUT2D eigenvalue weighted by Gasteiger charge is -2.37. The molecular formula is C21H26N4O3. The molecule has 1 aliphatic rings. The third-order valence-corrected chi connectivity index (χ3v) is 5.41. The average molecular weight is 382 g/mol. The Morgan fingerprint density at radius 2 is 1.68 bits per heavy atom. The topological polar surface area (TPSA) is 69.9 Å². The molecule has 28 heavy (non-hydrogen) atoms. The van der Waals surface area contributed by atoms with Gasteiger partial charge in [-0.2, -0.15) is 0 Å². The number of amides is 1. The molecule has 1 saturated heterocycles. The lowest BCUT2D eigenvalue weighted by molar-refractivity contribution is -0.384. The van der Waals surface area contributed by atoms with Crippen molar-refractivity contribution in [1.82, 2.24) is 9.80 Å². The molecule has 0 aromatic heterocycles. The number of carbonyl (C=O) groups is 1. The van der Waals surface area contributed by atoms with Gasteiger partial charge in [-0.25, -0.2) is 0 Å². The summed E-state index contributed by atoms with van der Waals surface area (Å²) >= 11 is 0. The van der Waals surface area contributed by atoms with Gasteiger partial charge in [-0.1, -0.05) is 30.3 Å². The zero-order valence-corrected chi connectivity index (χ0v) is 16.3. The zero-order chi connectivity index (χ0) is 20.1. The number of hydrogen-bond donors (Lipinski definition) is 0. The summed E-state index contributed by atoms with van der Waals surface area (Å²) in [6, 6.07) is 16.7. The third kappa shape index (κ3) is 4.67. The number of rotatable bonds is 6. The fourth-order valence-electron chi connectivity index (χ4n) is 3.42. The second kappa shape index (κ2) is 8.84. The lowest BCUT2D eigenvalue weighted by Crippen LogP contribution is -2.50. The highest BCUT2D eigenvalue weighted by atomic mass is 16.6. The molecular weight excluding hydrogens is 356 g/mol. The second-order valence-corrected chi connectivity index (χ2v) is 7.13. The van der Waals surface area contributed by atoms with Gasteiger partial charge < -0.3 is 9.80 Å². The van der Waals surface area contributed by atoms with Crippen molar-refractivity contribution < 1.29 is 9.72 Å². The van der Waals surface area contributed by atoms with Crippen LogP contribution in [0.4, 0.5) is 11.4 Å². The van der Waals surface area contributed by atoms with Crippen LogP contribution >= 0.6 is 0 Å². The first-order valence-corrected chi connectivity index (χ1v) is 9.48. The number of nitrogens with zero attached hydrogens (tertiary/aromatic N) is 4. The summed E-state index contributed by atoms with van der Waals surface area (Å²) in [5, 5.41) is 10.8. The summed E-state index contributed by atoms with van der Waals surface area (Å²) in [5.74, 6) is 0.111. The van der Waals surface area contributed by atoms with E-state index in [0.29, 0.717) is 6.54 Å². The van der Waals surface area contributed by atoms with E-state index in [2.05, 4.69) is 9.80 Å². The molecule has 3 rings (SSSR count). The first-order chi connectivity index (χ1) is 13.5. The quantitative estimate of drug-likeness (QED) is 0.567. The van der Waals surface area contributed by atoms with E-state index >= 15 is 0 Å². The van der Waals surface area contributed by atoms with Crippen LogP contribution in [0.3, 0.4) is 0 Å². The minimum atomic E-state index is -0.389. The molecule has 1 fully saturated rings. The number of nitro benzene ring substituents is 1. The van der Waals surface area contributed by atoms with E-state index in [4.69, 9.17) is 0 Å². The molecule has 0 saturated carbocycles. The number of piperazine rings is 1. The highest BCUT2D eigenvalue weighted by Crippen LogP contribution is 2.21. The molecule has 0 unspecified atom stereocenters. The third-order valence-electron chi connectivity index (χ3n) is 5.41. The number of non-ortho nitro benzene ring substituents is 1. The highest BCUT2D eigenvalue weighted by Gasteiger charge is 2.23. The molecule has 1 atom stereocenters. The Hall–Kier alpha value is -2.93. The van der Waals surface area contributed by atoms with Crippen molar-refractivity contribution in [3.63, 3.8) is 0 Å². The van der Waals surface area contributed by atoms with Gasteiger partial charge in [0.15, 0.2) is 0 Å². The number of hydrogen-bond acceptors (Lipinski definition) is 5. The standard InChI is InChI=1S/C21H26N4O3/c1-17(18-6-4-3-5-7-18)22(2)21(26)16-23-12-14-24(15-13-23)19-8-10-20(11-9-19)25(27)28/h3-11,17H,12-16H2,1-2H3/t17-/m1/s1. The maximum atomic E-state index is 12.7. The predicted molar refractivity (Wildman–Crippen MR) is 109 cm³/mol. The van der Waals surface area contributed by atoms with E-state index in [1.54, 1.807) is 17.0 Å². The Bertz CT molecular complexity index is 802. The number of nitro groups is 1. The molecule has 2 aromatic carbocycles. The fraction of sp³-hybridized carbons (Fsp3) is 0.381. The Morgan fingerprint density at radius 3 is 2.25 bits per heavy atom. The summed E-state index contributed by atoms with van der Waals surface area (Å²) in [6.45, 7) is 5.61. The average Bonchev–Trinajstić information content (AvgIpc) is 2.74. The van der Waals surface area contributed by atoms with Crippen LogP contribution in [-0.4, -0.2) is 60.4 Å². The molecule has 0 N–H and O–H groups in total. The van der Waals surface area contributed by atoms with Gasteiger partial charge in [-0.15, -0.1) is 0 Å². The Kier molecular flexibility index (Phi) is 6.26. The molecule has 7 heteroatoms. The largest absolute Gasteiger partial charge is 0.369 e. The Balaban J connectivity index is 1.51. The molecule has 0 aliphatic carbocycles. The normalized spacial score (nSPS) is 15.9.